The zero-order valence-electron chi connectivity index (χ0n) is 17.2. The third-order valence-electron chi connectivity index (χ3n) is 4.76. The number of hydrogen-bond acceptors (Lipinski definition) is 3. The fraction of sp³-hybridized carbons (Fsp3) is 0.250. The van der Waals surface area contributed by atoms with Crippen LogP contribution < -0.4 is 14.8 Å². The van der Waals surface area contributed by atoms with Gasteiger partial charge in [0, 0.05) is 27.8 Å². The molecule has 0 radical (unpaired) electrons. The summed E-state index contributed by atoms with van der Waals surface area (Å²) in [4.78, 5) is 0. The normalized spacial score (nSPS) is 10.7. The zero-order valence-corrected chi connectivity index (χ0v) is 19.5. The standard InChI is InChI=1S/C24H24Cl3NO2/c1-4-29-23-11-17(13-28-20-8-5-15(2)16(3)9-20)10-22(27)24(23)30-14-18-6-7-19(25)12-21(18)26/h5-12,28H,4,13-14H2,1-3H3. The Morgan fingerprint density at radius 3 is 2.33 bits per heavy atom. The van der Waals surface area contributed by atoms with Crippen molar-refractivity contribution in [2.24, 2.45) is 0 Å². The summed E-state index contributed by atoms with van der Waals surface area (Å²) in [5.41, 5.74) is 5.39. The van der Waals surface area contributed by atoms with E-state index in [1.54, 1.807) is 12.1 Å². The van der Waals surface area contributed by atoms with Crippen molar-refractivity contribution >= 4 is 40.5 Å². The molecule has 0 heterocycles. The monoisotopic (exact) mass is 463 g/mol. The number of benzene rings is 3. The minimum atomic E-state index is 0.260. The number of hydrogen-bond donors (Lipinski definition) is 1. The largest absolute Gasteiger partial charge is 0.490 e. The van der Waals surface area contributed by atoms with Gasteiger partial charge in [0.25, 0.3) is 0 Å². The van der Waals surface area contributed by atoms with Gasteiger partial charge in [0.15, 0.2) is 11.5 Å². The van der Waals surface area contributed by atoms with Crippen molar-refractivity contribution in [1.82, 2.24) is 0 Å². The summed E-state index contributed by atoms with van der Waals surface area (Å²) in [5.74, 6) is 1.10. The molecule has 0 bridgehead atoms. The summed E-state index contributed by atoms with van der Waals surface area (Å²) in [6.45, 7) is 7.50. The van der Waals surface area contributed by atoms with Crippen LogP contribution in [-0.2, 0) is 13.2 Å². The molecule has 0 spiro atoms. The summed E-state index contributed by atoms with van der Waals surface area (Å²) < 4.78 is 11.8. The average Bonchev–Trinajstić information content (AvgIpc) is 2.70. The highest BCUT2D eigenvalue weighted by molar-refractivity contribution is 6.35. The Balaban J connectivity index is 1.76. The molecule has 0 saturated heterocycles. The van der Waals surface area contributed by atoms with E-state index in [0.717, 1.165) is 16.8 Å². The van der Waals surface area contributed by atoms with Crippen LogP contribution in [0.4, 0.5) is 5.69 Å². The quantitative estimate of drug-likeness (QED) is 0.368. The summed E-state index contributed by atoms with van der Waals surface area (Å²) in [5, 5.41) is 5.05. The molecule has 1 N–H and O–H groups in total. The Kier molecular flexibility index (Phi) is 7.76. The number of rotatable bonds is 8. The van der Waals surface area contributed by atoms with E-state index in [4.69, 9.17) is 44.3 Å². The fourth-order valence-electron chi connectivity index (χ4n) is 2.97. The number of nitrogens with one attached hydrogen (secondary N) is 1. The van der Waals surface area contributed by atoms with Gasteiger partial charge in [0.1, 0.15) is 6.61 Å². The molecule has 0 saturated carbocycles. The second kappa shape index (κ2) is 10.3. The van der Waals surface area contributed by atoms with Crippen molar-refractivity contribution in [3.63, 3.8) is 0 Å². The van der Waals surface area contributed by atoms with Crippen molar-refractivity contribution in [2.45, 2.75) is 33.9 Å². The second-order valence-electron chi connectivity index (χ2n) is 7.01. The first-order chi connectivity index (χ1) is 14.4. The Labute approximate surface area is 192 Å². The Bertz CT molecular complexity index is 1040. The lowest BCUT2D eigenvalue weighted by Crippen LogP contribution is -2.04. The van der Waals surface area contributed by atoms with Gasteiger partial charge in [-0.15, -0.1) is 0 Å². The van der Waals surface area contributed by atoms with Crippen LogP contribution >= 0.6 is 34.8 Å². The highest BCUT2D eigenvalue weighted by Gasteiger charge is 2.14. The van der Waals surface area contributed by atoms with Crippen molar-refractivity contribution < 1.29 is 9.47 Å². The van der Waals surface area contributed by atoms with Crippen LogP contribution in [0.2, 0.25) is 15.1 Å². The molecule has 0 aliphatic heterocycles. The first-order valence-corrected chi connectivity index (χ1v) is 10.8. The van der Waals surface area contributed by atoms with Gasteiger partial charge in [-0.25, -0.2) is 0 Å². The van der Waals surface area contributed by atoms with Gasteiger partial charge in [-0.2, -0.15) is 0 Å². The van der Waals surface area contributed by atoms with Crippen molar-refractivity contribution in [3.05, 3.63) is 85.9 Å². The van der Waals surface area contributed by atoms with Crippen molar-refractivity contribution in [1.29, 1.82) is 0 Å². The van der Waals surface area contributed by atoms with E-state index in [1.165, 1.54) is 11.1 Å². The van der Waals surface area contributed by atoms with E-state index in [2.05, 4.69) is 37.4 Å². The van der Waals surface area contributed by atoms with Crippen molar-refractivity contribution in [3.8, 4) is 11.5 Å². The topological polar surface area (TPSA) is 30.5 Å². The molecule has 0 aliphatic carbocycles. The third kappa shape index (κ3) is 5.75. The maximum atomic E-state index is 6.54. The van der Waals surface area contributed by atoms with Crippen LogP contribution in [0.15, 0.2) is 48.5 Å². The summed E-state index contributed by atoms with van der Waals surface area (Å²) in [6, 6.07) is 15.4. The second-order valence-corrected chi connectivity index (χ2v) is 8.27. The van der Waals surface area contributed by atoms with Gasteiger partial charge in [-0.1, -0.05) is 46.9 Å². The molecule has 6 heteroatoms. The Morgan fingerprint density at radius 2 is 1.63 bits per heavy atom. The molecule has 3 rings (SSSR count). The van der Waals surface area contributed by atoms with Crippen LogP contribution in [0.3, 0.4) is 0 Å². The molecule has 158 valence electrons. The van der Waals surface area contributed by atoms with Crippen LogP contribution in [0.5, 0.6) is 11.5 Å². The van der Waals surface area contributed by atoms with Gasteiger partial charge in [-0.3, -0.25) is 0 Å². The summed E-state index contributed by atoms with van der Waals surface area (Å²) in [7, 11) is 0. The molecule has 0 unspecified atom stereocenters. The van der Waals surface area contributed by atoms with Crippen LogP contribution in [-0.4, -0.2) is 6.61 Å². The van der Waals surface area contributed by atoms with Crippen LogP contribution in [0.25, 0.3) is 0 Å². The maximum Gasteiger partial charge on any atom is 0.180 e. The number of aryl methyl sites for hydroxylation is 2. The van der Waals surface area contributed by atoms with E-state index in [9.17, 15) is 0 Å². The molecule has 3 aromatic carbocycles. The third-order valence-corrected chi connectivity index (χ3v) is 5.63. The first-order valence-electron chi connectivity index (χ1n) is 9.70. The van der Waals surface area contributed by atoms with E-state index in [0.29, 0.717) is 39.7 Å². The minimum Gasteiger partial charge on any atom is -0.490 e. The van der Waals surface area contributed by atoms with Gasteiger partial charge >= 0.3 is 0 Å². The van der Waals surface area contributed by atoms with Crippen LogP contribution in [0.1, 0.15) is 29.2 Å². The molecule has 3 nitrogen and oxygen atoms in total. The molecule has 0 aliphatic rings. The predicted molar refractivity (Wildman–Crippen MR) is 127 cm³/mol. The maximum absolute atomic E-state index is 6.54. The van der Waals surface area contributed by atoms with E-state index in [-0.39, 0.29) is 6.61 Å². The molecule has 0 aromatic heterocycles. The van der Waals surface area contributed by atoms with Gasteiger partial charge in [-0.05, 0) is 73.9 Å². The fourth-order valence-corrected chi connectivity index (χ4v) is 3.72. The highest BCUT2D eigenvalue weighted by atomic mass is 35.5. The number of halogens is 3. The van der Waals surface area contributed by atoms with Crippen molar-refractivity contribution in [2.75, 3.05) is 11.9 Å². The molecule has 30 heavy (non-hydrogen) atoms. The first kappa shape index (κ1) is 22.6. The van der Waals surface area contributed by atoms with Gasteiger partial charge in [0.05, 0.1) is 11.6 Å². The number of anilines is 1. The lowest BCUT2D eigenvalue weighted by molar-refractivity contribution is 0.269. The van der Waals surface area contributed by atoms with E-state index >= 15 is 0 Å². The SMILES string of the molecule is CCOc1cc(CNc2ccc(C)c(C)c2)cc(Cl)c1OCc1ccc(Cl)cc1Cl. The molecule has 0 atom stereocenters. The molecule has 0 amide bonds. The molecule has 3 aromatic rings. The minimum absolute atomic E-state index is 0.260. The molecule has 0 fully saturated rings. The van der Waals surface area contributed by atoms with E-state index in [1.807, 2.05) is 25.1 Å². The van der Waals surface area contributed by atoms with Gasteiger partial charge < -0.3 is 14.8 Å². The molecular weight excluding hydrogens is 441 g/mol. The highest BCUT2D eigenvalue weighted by Crippen LogP contribution is 2.38. The van der Waals surface area contributed by atoms with Crippen LogP contribution in [0, 0.1) is 13.8 Å². The average molecular weight is 465 g/mol. The Hall–Kier alpha value is -2.07. The lowest BCUT2D eigenvalue weighted by Gasteiger charge is -2.16. The Morgan fingerprint density at radius 1 is 0.833 bits per heavy atom. The van der Waals surface area contributed by atoms with Gasteiger partial charge in [0.2, 0.25) is 0 Å². The summed E-state index contributed by atoms with van der Waals surface area (Å²) in [6.07, 6.45) is 0. The lowest BCUT2D eigenvalue weighted by atomic mass is 10.1. The van der Waals surface area contributed by atoms with E-state index < -0.39 is 0 Å². The predicted octanol–water partition coefficient (Wildman–Crippen LogP) is 7.85. The number of ether oxygens (including phenoxy) is 2. The molecular formula is C24H24Cl3NO2. The smallest absolute Gasteiger partial charge is 0.180 e. The zero-order chi connectivity index (χ0) is 21.7. The summed E-state index contributed by atoms with van der Waals surface area (Å²) >= 11 is 18.7.